The van der Waals surface area contributed by atoms with Gasteiger partial charge in [-0.25, -0.2) is 0 Å². The number of carbonyl (C=O) groups excluding carboxylic acids is 1. The first-order chi connectivity index (χ1) is 12.7. The number of Topliss-reactive ketones (excluding diaryl/α,β-unsaturated/α-hetero) is 1. The molecule has 2 aromatic carbocycles. The number of ether oxygens (including phenoxy) is 1. The lowest BCUT2D eigenvalue weighted by atomic mass is 9.77. The summed E-state index contributed by atoms with van der Waals surface area (Å²) in [6.45, 7) is 4.35. The summed E-state index contributed by atoms with van der Waals surface area (Å²) in [5.74, 6) is 1.85. The molecule has 1 saturated heterocycles. The van der Waals surface area contributed by atoms with Gasteiger partial charge in [-0.1, -0.05) is 38.0 Å². The number of fused-ring (bicyclic) bond motifs is 1. The van der Waals surface area contributed by atoms with Gasteiger partial charge in [0, 0.05) is 24.1 Å². The van der Waals surface area contributed by atoms with E-state index >= 15 is 0 Å². The number of carbonyl (C=O) groups is 1. The van der Waals surface area contributed by atoms with Crippen LogP contribution in [0.1, 0.15) is 49.4 Å². The molecule has 26 heavy (non-hydrogen) atoms. The number of likely N-dealkylation sites (tertiary alicyclic amines) is 1. The lowest BCUT2D eigenvalue weighted by molar-refractivity contribution is 0.0401. The topological polar surface area (TPSA) is 29.5 Å². The zero-order valence-electron chi connectivity index (χ0n) is 15.9. The second-order valence-electron chi connectivity index (χ2n) is 7.94. The maximum Gasteiger partial charge on any atom is 0.167 e. The third-order valence-electron chi connectivity index (χ3n) is 6.57. The molecule has 2 aliphatic rings. The predicted molar refractivity (Wildman–Crippen MR) is 106 cm³/mol. The zero-order valence-corrected chi connectivity index (χ0v) is 15.9. The molecule has 0 N–H and O–H groups in total. The summed E-state index contributed by atoms with van der Waals surface area (Å²) in [5.41, 5.74) is 0.863. The number of ketones is 1. The maximum absolute atomic E-state index is 13.4. The first kappa shape index (κ1) is 17.5. The van der Waals surface area contributed by atoms with Crippen LogP contribution in [0.5, 0.6) is 5.75 Å². The van der Waals surface area contributed by atoms with Crippen LogP contribution in [0.4, 0.5) is 0 Å². The highest BCUT2D eigenvalue weighted by Gasteiger charge is 2.37. The second-order valence-corrected chi connectivity index (χ2v) is 7.94. The number of rotatable bonds is 5. The molecule has 0 radical (unpaired) electrons. The maximum atomic E-state index is 13.4. The smallest absolute Gasteiger partial charge is 0.167 e. The summed E-state index contributed by atoms with van der Waals surface area (Å²) < 4.78 is 5.30. The van der Waals surface area contributed by atoms with Crippen LogP contribution in [0, 0.1) is 11.8 Å². The van der Waals surface area contributed by atoms with Crippen LogP contribution in [-0.2, 0) is 0 Å². The highest BCUT2D eigenvalue weighted by molar-refractivity contribution is 6.01. The summed E-state index contributed by atoms with van der Waals surface area (Å²) in [6, 6.07) is 12.9. The van der Waals surface area contributed by atoms with Crippen molar-refractivity contribution in [2.75, 3.05) is 20.2 Å². The Hall–Kier alpha value is -1.87. The van der Waals surface area contributed by atoms with Gasteiger partial charge in [-0.2, -0.15) is 0 Å². The Balaban J connectivity index is 1.58. The molecule has 2 atom stereocenters. The molecular weight excluding hydrogens is 322 g/mol. The molecule has 0 bridgehead atoms. The minimum absolute atomic E-state index is 0.144. The van der Waals surface area contributed by atoms with E-state index in [2.05, 4.69) is 24.0 Å². The van der Waals surface area contributed by atoms with E-state index in [1.165, 1.54) is 25.8 Å². The molecule has 0 amide bonds. The van der Waals surface area contributed by atoms with E-state index in [1.54, 1.807) is 7.11 Å². The quantitative estimate of drug-likeness (QED) is 0.715. The highest BCUT2D eigenvalue weighted by Crippen LogP contribution is 2.35. The minimum Gasteiger partial charge on any atom is -0.497 e. The SMILES string of the molecule is CC[C@H]1CCN(C2CCC2)CC1C(=O)c1ccc2cc(OC)ccc2c1. The van der Waals surface area contributed by atoms with Crippen molar-refractivity contribution >= 4 is 16.6 Å². The van der Waals surface area contributed by atoms with E-state index in [9.17, 15) is 4.79 Å². The molecule has 1 aliphatic heterocycles. The van der Waals surface area contributed by atoms with Gasteiger partial charge in [0.15, 0.2) is 5.78 Å². The Labute approximate surface area is 156 Å². The highest BCUT2D eigenvalue weighted by atomic mass is 16.5. The van der Waals surface area contributed by atoms with Crippen LogP contribution in [-0.4, -0.2) is 36.9 Å². The Bertz CT molecular complexity index is 796. The van der Waals surface area contributed by atoms with Crippen molar-refractivity contribution in [3.63, 3.8) is 0 Å². The Kier molecular flexibility index (Phi) is 4.99. The van der Waals surface area contributed by atoms with Crippen molar-refractivity contribution in [1.82, 2.24) is 4.90 Å². The van der Waals surface area contributed by atoms with Gasteiger partial charge in [0.25, 0.3) is 0 Å². The zero-order chi connectivity index (χ0) is 18.1. The normalized spacial score (nSPS) is 24.4. The Morgan fingerprint density at radius 2 is 1.88 bits per heavy atom. The van der Waals surface area contributed by atoms with Crippen molar-refractivity contribution in [2.45, 2.75) is 45.1 Å². The van der Waals surface area contributed by atoms with Crippen LogP contribution in [0.3, 0.4) is 0 Å². The van der Waals surface area contributed by atoms with Gasteiger partial charge in [0.05, 0.1) is 7.11 Å². The van der Waals surface area contributed by atoms with Gasteiger partial charge in [0.2, 0.25) is 0 Å². The van der Waals surface area contributed by atoms with Crippen LogP contribution in [0.25, 0.3) is 10.8 Å². The third kappa shape index (κ3) is 3.25. The fourth-order valence-electron chi connectivity index (χ4n) is 4.61. The van der Waals surface area contributed by atoms with E-state index in [-0.39, 0.29) is 5.92 Å². The molecule has 138 valence electrons. The molecule has 2 aromatic rings. The van der Waals surface area contributed by atoms with Crippen molar-refractivity contribution < 1.29 is 9.53 Å². The fourth-order valence-corrected chi connectivity index (χ4v) is 4.61. The fraction of sp³-hybridized carbons (Fsp3) is 0.522. The van der Waals surface area contributed by atoms with Gasteiger partial charge in [-0.05, 0) is 60.7 Å². The largest absolute Gasteiger partial charge is 0.497 e. The molecule has 3 heteroatoms. The van der Waals surface area contributed by atoms with E-state index in [0.29, 0.717) is 11.7 Å². The number of benzene rings is 2. The third-order valence-corrected chi connectivity index (χ3v) is 6.57. The lowest BCUT2D eigenvalue weighted by Gasteiger charge is -2.44. The number of piperidine rings is 1. The molecule has 4 rings (SSSR count). The van der Waals surface area contributed by atoms with Crippen LogP contribution in [0.15, 0.2) is 36.4 Å². The van der Waals surface area contributed by atoms with Gasteiger partial charge >= 0.3 is 0 Å². The molecule has 1 unspecified atom stereocenters. The van der Waals surface area contributed by atoms with Crippen molar-refractivity contribution in [3.8, 4) is 5.75 Å². The average molecular weight is 351 g/mol. The Morgan fingerprint density at radius 3 is 2.58 bits per heavy atom. The van der Waals surface area contributed by atoms with Crippen LogP contribution in [0.2, 0.25) is 0 Å². The van der Waals surface area contributed by atoms with Crippen LogP contribution >= 0.6 is 0 Å². The molecular formula is C23H29NO2. The first-order valence-corrected chi connectivity index (χ1v) is 10.1. The number of hydrogen-bond acceptors (Lipinski definition) is 3. The average Bonchev–Trinajstić information content (AvgIpc) is 2.65. The van der Waals surface area contributed by atoms with E-state index in [1.807, 2.05) is 24.3 Å². The summed E-state index contributed by atoms with van der Waals surface area (Å²) in [4.78, 5) is 15.9. The number of hydrogen-bond donors (Lipinski definition) is 0. The van der Waals surface area contributed by atoms with Gasteiger partial charge < -0.3 is 4.74 Å². The van der Waals surface area contributed by atoms with Crippen molar-refractivity contribution in [1.29, 1.82) is 0 Å². The van der Waals surface area contributed by atoms with E-state index in [0.717, 1.165) is 47.5 Å². The van der Waals surface area contributed by atoms with E-state index < -0.39 is 0 Å². The summed E-state index contributed by atoms with van der Waals surface area (Å²) >= 11 is 0. The summed E-state index contributed by atoms with van der Waals surface area (Å²) in [6.07, 6.45) is 6.24. The predicted octanol–water partition coefficient (Wildman–Crippen LogP) is 4.93. The van der Waals surface area contributed by atoms with Gasteiger partial charge in [-0.3, -0.25) is 9.69 Å². The Morgan fingerprint density at radius 1 is 1.12 bits per heavy atom. The molecule has 1 saturated carbocycles. The molecule has 2 fully saturated rings. The van der Waals surface area contributed by atoms with Crippen LogP contribution < -0.4 is 4.74 Å². The minimum atomic E-state index is 0.144. The monoisotopic (exact) mass is 351 g/mol. The molecule has 0 spiro atoms. The summed E-state index contributed by atoms with van der Waals surface area (Å²) in [7, 11) is 1.68. The number of methoxy groups -OCH3 is 1. The molecule has 1 heterocycles. The molecule has 1 aliphatic carbocycles. The lowest BCUT2D eigenvalue weighted by Crippen LogP contribution is -2.50. The molecule has 0 aromatic heterocycles. The first-order valence-electron chi connectivity index (χ1n) is 10.1. The van der Waals surface area contributed by atoms with E-state index in [4.69, 9.17) is 4.74 Å². The van der Waals surface area contributed by atoms with Crippen molar-refractivity contribution in [2.24, 2.45) is 11.8 Å². The summed E-state index contributed by atoms with van der Waals surface area (Å²) in [5, 5.41) is 2.23. The number of nitrogens with zero attached hydrogens (tertiary/aromatic N) is 1. The van der Waals surface area contributed by atoms with Crippen molar-refractivity contribution in [3.05, 3.63) is 42.0 Å². The molecule has 3 nitrogen and oxygen atoms in total. The second kappa shape index (κ2) is 7.40. The van der Waals surface area contributed by atoms with Gasteiger partial charge in [-0.15, -0.1) is 0 Å². The standard InChI is InChI=1S/C23H29NO2/c1-3-16-11-12-24(20-5-4-6-20)15-22(16)23(25)19-8-7-18-14-21(26-2)10-9-17(18)13-19/h7-10,13-14,16,20,22H,3-6,11-12,15H2,1-2H3/t16-,22?/m0/s1. The van der Waals surface area contributed by atoms with Gasteiger partial charge in [0.1, 0.15) is 5.75 Å².